The Kier molecular flexibility index (Phi) is 8.28. The van der Waals surface area contributed by atoms with E-state index in [0.29, 0.717) is 55.0 Å². The summed E-state index contributed by atoms with van der Waals surface area (Å²) in [5.74, 6) is 1.17. The van der Waals surface area contributed by atoms with E-state index in [0.717, 1.165) is 61.3 Å². The summed E-state index contributed by atoms with van der Waals surface area (Å²) in [4.78, 5) is 50.3. The molecule has 3 aliphatic rings. The van der Waals surface area contributed by atoms with Crippen molar-refractivity contribution in [2.24, 2.45) is 17.8 Å². The lowest BCUT2D eigenvalue weighted by molar-refractivity contribution is -0.133. The van der Waals surface area contributed by atoms with Crippen LogP contribution in [0.5, 0.6) is 0 Å². The van der Waals surface area contributed by atoms with Gasteiger partial charge < -0.3 is 24.6 Å². The van der Waals surface area contributed by atoms with Gasteiger partial charge in [-0.2, -0.15) is 0 Å². The van der Waals surface area contributed by atoms with Crippen molar-refractivity contribution in [1.82, 2.24) is 19.7 Å². The summed E-state index contributed by atoms with van der Waals surface area (Å²) in [6.07, 6.45) is 2.25. The van der Waals surface area contributed by atoms with Crippen LogP contribution in [0.1, 0.15) is 42.2 Å². The summed E-state index contributed by atoms with van der Waals surface area (Å²) in [5, 5.41) is 1.73. The van der Waals surface area contributed by atoms with Crippen LogP contribution >= 0.6 is 11.6 Å². The molecule has 3 amide bonds. The second kappa shape index (κ2) is 12.1. The van der Waals surface area contributed by atoms with Crippen molar-refractivity contribution < 1.29 is 14.4 Å². The average molecular weight is 590 g/mol. The molecule has 2 aromatic carbocycles. The van der Waals surface area contributed by atoms with Gasteiger partial charge in [0.1, 0.15) is 5.69 Å². The summed E-state index contributed by atoms with van der Waals surface area (Å²) >= 11 is 6.47. The molecule has 3 aromatic rings. The van der Waals surface area contributed by atoms with Crippen LogP contribution in [-0.4, -0.2) is 89.8 Å². The molecule has 0 bridgehead atoms. The van der Waals surface area contributed by atoms with E-state index in [4.69, 9.17) is 11.6 Å². The SMILES string of the molecule is CC(=O)N1CCC(C(=O)N(CCCN2CC3CN(C(=O)c4cc5ccccc5[nH]4)CC3C2)c2ccc(C)c(Cl)c2)CC1. The van der Waals surface area contributed by atoms with Gasteiger partial charge in [-0.3, -0.25) is 14.4 Å². The topological polar surface area (TPSA) is 80.0 Å². The fraction of sp³-hybridized carbons (Fsp3) is 0.485. The van der Waals surface area contributed by atoms with E-state index in [-0.39, 0.29) is 23.6 Å². The van der Waals surface area contributed by atoms with Crippen LogP contribution in [0.3, 0.4) is 0 Å². The standard InChI is InChI=1S/C33H40ClN5O3/c1-22-8-9-28(17-29(22)34)39(32(41)24-10-14-37(15-11-24)23(2)40)13-5-12-36-18-26-20-38(21-27(26)19-36)33(42)31-16-25-6-3-4-7-30(25)35-31/h3-4,6-9,16-17,24,26-27,35H,5,10-15,18-21H2,1-2H3. The van der Waals surface area contributed by atoms with Crippen LogP contribution in [0, 0.1) is 24.7 Å². The molecule has 2 unspecified atom stereocenters. The lowest BCUT2D eigenvalue weighted by Crippen LogP contribution is -2.44. The predicted octanol–water partition coefficient (Wildman–Crippen LogP) is 4.82. The van der Waals surface area contributed by atoms with Gasteiger partial charge in [-0.1, -0.05) is 35.9 Å². The number of benzene rings is 2. The smallest absolute Gasteiger partial charge is 0.270 e. The number of para-hydroxylation sites is 1. The van der Waals surface area contributed by atoms with E-state index in [1.807, 2.05) is 70.2 Å². The molecule has 6 rings (SSSR count). The fourth-order valence-electron chi connectivity index (χ4n) is 7.03. The minimum absolute atomic E-state index is 0.0730. The number of H-pyrrole nitrogens is 1. The number of rotatable bonds is 7. The zero-order valence-electron chi connectivity index (χ0n) is 24.5. The van der Waals surface area contributed by atoms with Crippen LogP contribution in [-0.2, 0) is 9.59 Å². The number of hydrogen-bond acceptors (Lipinski definition) is 4. The second-order valence-electron chi connectivity index (χ2n) is 12.3. The molecule has 3 aliphatic heterocycles. The number of aryl methyl sites for hydroxylation is 1. The monoisotopic (exact) mass is 589 g/mol. The molecular formula is C33H40ClN5O3. The Balaban J connectivity index is 1.04. The van der Waals surface area contributed by atoms with Crippen LogP contribution in [0.15, 0.2) is 48.5 Å². The number of piperidine rings is 1. The van der Waals surface area contributed by atoms with E-state index in [2.05, 4.69) is 9.88 Å². The van der Waals surface area contributed by atoms with E-state index in [9.17, 15) is 14.4 Å². The highest BCUT2D eigenvalue weighted by atomic mass is 35.5. The summed E-state index contributed by atoms with van der Waals surface area (Å²) in [7, 11) is 0. The molecular weight excluding hydrogens is 550 g/mol. The maximum absolute atomic E-state index is 13.8. The molecule has 0 radical (unpaired) electrons. The van der Waals surface area contributed by atoms with Crippen molar-refractivity contribution in [2.45, 2.75) is 33.1 Å². The van der Waals surface area contributed by atoms with Gasteiger partial charge in [0.05, 0.1) is 0 Å². The maximum Gasteiger partial charge on any atom is 0.270 e. The largest absolute Gasteiger partial charge is 0.351 e. The van der Waals surface area contributed by atoms with Gasteiger partial charge >= 0.3 is 0 Å². The van der Waals surface area contributed by atoms with E-state index >= 15 is 0 Å². The third kappa shape index (κ3) is 5.92. The summed E-state index contributed by atoms with van der Waals surface area (Å²) in [6, 6.07) is 15.8. The molecule has 3 fully saturated rings. The average Bonchev–Trinajstić information content (AvgIpc) is 3.70. The van der Waals surface area contributed by atoms with Gasteiger partial charge in [0.15, 0.2) is 0 Å². The number of nitrogens with zero attached hydrogens (tertiary/aromatic N) is 4. The number of aromatic amines is 1. The zero-order chi connectivity index (χ0) is 29.4. The Morgan fingerprint density at radius 1 is 0.952 bits per heavy atom. The number of amides is 3. The highest BCUT2D eigenvalue weighted by molar-refractivity contribution is 6.31. The summed E-state index contributed by atoms with van der Waals surface area (Å²) in [5.41, 5.74) is 3.49. The first-order valence-electron chi connectivity index (χ1n) is 15.2. The quantitative estimate of drug-likeness (QED) is 0.429. The van der Waals surface area contributed by atoms with E-state index in [1.165, 1.54) is 0 Å². The highest BCUT2D eigenvalue weighted by Crippen LogP contribution is 2.33. The van der Waals surface area contributed by atoms with Gasteiger partial charge in [0, 0.05) is 80.3 Å². The number of carbonyl (C=O) groups excluding carboxylic acids is 3. The molecule has 0 saturated carbocycles. The third-order valence-electron chi connectivity index (χ3n) is 9.49. The Labute approximate surface area is 252 Å². The van der Waals surface area contributed by atoms with Gasteiger partial charge in [-0.05, 0) is 74.4 Å². The molecule has 222 valence electrons. The first-order chi connectivity index (χ1) is 20.3. The van der Waals surface area contributed by atoms with Crippen molar-refractivity contribution >= 4 is 45.9 Å². The molecule has 0 aliphatic carbocycles. The Morgan fingerprint density at radius 3 is 2.33 bits per heavy atom. The molecule has 2 atom stereocenters. The molecule has 1 aromatic heterocycles. The number of anilines is 1. The van der Waals surface area contributed by atoms with Crippen molar-refractivity contribution in [3.8, 4) is 0 Å². The molecule has 0 spiro atoms. The number of aromatic nitrogens is 1. The molecule has 8 nitrogen and oxygen atoms in total. The number of halogens is 1. The van der Waals surface area contributed by atoms with Gasteiger partial charge in [-0.25, -0.2) is 0 Å². The molecule has 1 N–H and O–H groups in total. The third-order valence-corrected chi connectivity index (χ3v) is 9.90. The van der Waals surface area contributed by atoms with Gasteiger partial charge in [-0.15, -0.1) is 0 Å². The number of hydrogen-bond donors (Lipinski definition) is 1. The van der Waals surface area contributed by atoms with E-state index in [1.54, 1.807) is 6.92 Å². The Hall–Kier alpha value is -3.36. The first-order valence-corrected chi connectivity index (χ1v) is 15.6. The van der Waals surface area contributed by atoms with Crippen molar-refractivity contribution in [3.05, 3.63) is 64.8 Å². The van der Waals surface area contributed by atoms with Crippen LogP contribution in [0.25, 0.3) is 10.9 Å². The first kappa shape index (κ1) is 28.7. The van der Waals surface area contributed by atoms with E-state index < -0.39 is 0 Å². The lowest BCUT2D eigenvalue weighted by Gasteiger charge is -2.34. The predicted molar refractivity (Wildman–Crippen MR) is 166 cm³/mol. The number of carbonyl (C=O) groups is 3. The zero-order valence-corrected chi connectivity index (χ0v) is 25.3. The van der Waals surface area contributed by atoms with Crippen LogP contribution in [0.2, 0.25) is 5.02 Å². The minimum Gasteiger partial charge on any atom is -0.351 e. The lowest BCUT2D eigenvalue weighted by atomic mass is 9.94. The van der Waals surface area contributed by atoms with Crippen molar-refractivity contribution in [1.29, 1.82) is 0 Å². The van der Waals surface area contributed by atoms with Crippen LogP contribution in [0.4, 0.5) is 5.69 Å². The fourth-order valence-corrected chi connectivity index (χ4v) is 7.20. The van der Waals surface area contributed by atoms with Crippen LogP contribution < -0.4 is 4.90 Å². The molecule has 9 heteroatoms. The summed E-state index contributed by atoms with van der Waals surface area (Å²) in [6.45, 7) is 9.90. The number of nitrogens with one attached hydrogen (secondary N) is 1. The number of fused-ring (bicyclic) bond motifs is 2. The van der Waals surface area contributed by atoms with Crippen molar-refractivity contribution in [3.63, 3.8) is 0 Å². The molecule has 3 saturated heterocycles. The van der Waals surface area contributed by atoms with Gasteiger partial charge in [0.25, 0.3) is 5.91 Å². The Morgan fingerprint density at radius 2 is 1.67 bits per heavy atom. The Bertz CT molecular complexity index is 1430. The highest BCUT2D eigenvalue weighted by Gasteiger charge is 2.42. The second-order valence-corrected chi connectivity index (χ2v) is 12.7. The molecule has 4 heterocycles. The summed E-state index contributed by atoms with van der Waals surface area (Å²) < 4.78 is 0. The maximum atomic E-state index is 13.8. The molecule has 42 heavy (non-hydrogen) atoms. The number of likely N-dealkylation sites (tertiary alicyclic amines) is 3. The van der Waals surface area contributed by atoms with Crippen molar-refractivity contribution in [2.75, 3.05) is 57.3 Å². The van der Waals surface area contributed by atoms with Gasteiger partial charge in [0.2, 0.25) is 11.8 Å². The minimum atomic E-state index is -0.0902. The normalized spacial score (nSPS) is 21.2.